The number of rotatable bonds is 6. The van der Waals surface area contributed by atoms with E-state index in [0.29, 0.717) is 12.4 Å². The Labute approximate surface area is 136 Å². The first-order valence-electron chi connectivity index (χ1n) is 7.60. The number of hydrogen-bond donors (Lipinski definition) is 2. The molecule has 2 aromatic rings. The number of aliphatic hydroxyl groups is 1. The van der Waals surface area contributed by atoms with Crippen LogP contribution in [0.1, 0.15) is 26.6 Å². The summed E-state index contributed by atoms with van der Waals surface area (Å²) >= 11 is 0. The van der Waals surface area contributed by atoms with Crippen molar-refractivity contribution in [2.75, 3.05) is 13.1 Å². The van der Waals surface area contributed by atoms with Gasteiger partial charge in [0.25, 0.3) is 0 Å². The summed E-state index contributed by atoms with van der Waals surface area (Å²) in [7, 11) is 0. The number of benzene rings is 1. The van der Waals surface area contributed by atoms with Crippen molar-refractivity contribution >= 4 is 6.03 Å². The van der Waals surface area contributed by atoms with E-state index in [1.165, 1.54) is 0 Å². The van der Waals surface area contributed by atoms with Gasteiger partial charge in [0.1, 0.15) is 6.33 Å². The zero-order valence-electron chi connectivity index (χ0n) is 13.7. The van der Waals surface area contributed by atoms with Crippen LogP contribution in [0, 0.1) is 0 Å². The molecule has 0 saturated carbocycles. The fraction of sp³-hybridized carbons (Fsp3) is 0.438. The van der Waals surface area contributed by atoms with Crippen LogP contribution in [0.2, 0.25) is 0 Å². The summed E-state index contributed by atoms with van der Waals surface area (Å²) < 4.78 is 1.83. The van der Waals surface area contributed by atoms with Crippen LogP contribution in [0.4, 0.5) is 4.79 Å². The Morgan fingerprint density at radius 3 is 2.65 bits per heavy atom. The Balaban J connectivity index is 2.01. The molecule has 0 spiro atoms. The van der Waals surface area contributed by atoms with Crippen molar-refractivity contribution in [3.63, 3.8) is 0 Å². The number of likely N-dealkylation sites (N-methyl/N-ethyl adjacent to an activating group) is 1. The van der Waals surface area contributed by atoms with Crippen molar-refractivity contribution in [2.45, 2.75) is 32.9 Å². The molecule has 0 aliphatic rings. The molecular formula is C16H23N5O2. The van der Waals surface area contributed by atoms with Crippen LogP contribution in [0.5, 0.6) is 0 Å². The summed E-state index contributed by atoms with van der Waals surface area (Å²) in [6, 6.07) is 9.45. The lowest BCUT2D eigenvalue weighted by atomic mass is 10.1. The molecule has 2 N–H and O–H groups in total. The third-order valence-electron chi connectivity index (χ3n) is 3.30. The molecule has 0 aliphatic carbocycles. The Hall–Kier alpha value is -2.41. The minimum atomic E-state index is -0.933. The van der Waals surface area contributed by atoms with E-state index in [-0.39, 0.29) is 19.1 Å². The predicted octanol–water partition coefficient (Wildman–Crippen LogP) is 1.57. The summed E-state index contributed by atoms with van der Waals surface area (Å²) in [6.45, 7) is 6.26. The number of nitrogens with one attached hydrogen (secondary N) is 1. The van der Waals surface area contributed by atoms with Crippen molar-refractivity contribution in [1.82, 2.24) is 25.0 Å². The Morgan fingerprint density at radius 1 is 1.35 bits per heavy atom. The number of carbonyl (C=O) groups excluding carboxylic acids is 1. The molecule has 0 fully saturated rings. The fourth-order valence-electron chi connectivity index (χ4n) is 2.24. The van der Waals surface area contributed by atoms with E-state index in [1.807, 2.05) is 41.8 Å². The number of amides is 2. The maximum absolute atomic E-state index is 12.2. The standard InChI is InChI=1S/C16H23N5O2/c1-4-20(11-16(2,3)23)15(22)17-10-14-19-18-12-21(14)13-8-6-5-7-9-13/h5-9,12,23H,4,10-11H2,1-3H3,(H,17,22). The van der Waals surface area contributed by atoms with Gasteiger partial charge in [0.2, 0.25) is 0 Å². The van der Waals surface area contributed by atoms with Gasteiger partial charge < -0.3 is 15.3 Å². The highest BCUT2D eigenvalue weighted by Gasteiger charge is 2.21. The summed E-state index contributed by atoms with van der Waals surface area (Å²) in [4.78, 5) is 13.8. The monoisotopic (exact) mass is 317 g/mol. The second kappa shape index (κ2) is 7.23. The molecule has 7 heteroatoms. The predicted molar refractivity (Wildman–Crippen MR) is 87.1 cm³/mol. The second-order valence-corrected chi connectivity index (χ2v) is 5.94. The molecule has 1 heterocycles. The van der Waals surface area contributed by atoms with Gasteiger partial charge in [0.05, 0.1) is 18.7 Å². The number of nitrogens with zero attached hydrogens (tertiary/aromatic N) is 4. The molecule has 23 heavy (non-hydrogen) atoms. The Bertz CT molecular complexity index is 633. The van der Waals surface area contributed by atoms with Crippen molar-refractivity contribution in [1.29, 1.82) is 0 Å². The van der Waals surface area contributed by atoms with Crippen molar-refractivity contribution in [3.05, 3.63) is 42.5 Å². The molecule has 2 rings (SSSR count). The topological polar surface area (TPSA) is 83.3 Å². The maximum Gasteiger partial charge on any atom is 0.317 e. The number of para-hydroxylation sites is 1. The van der Waals surface area contributed by atoms with Crippen LogP contribution in [0.15, 0.2) is 36.7 Å². The molecule has 7 nitrogen and oxygen atoms in total. The lowest BCUT2D eigenvalue weighted by molar-refractivity contribution is 0.0479. The fourth-order valence-corrected chi connectivity index (χ4v) is 2.24. The molecule has 0 bridgehead atoms. The number of hydrogen-bond acceptors (Lipinski definition) is 4. The highest BCUT2D eigenvalue weighted by atomic mass is 16.3. The van der Waals surface area contributed by atoms with E-state index in [9.17, 15) is 9.90 Å². The van der Waals surface area contributed by atoms with Gasteiger partial charge in [-0.3, -0.25) is 4.57 Å². The first kappa shape index (κ1) is 17.0. The van der Waals surface area contributed by atoms with Gasteiger partial charge in [-0.25, -0.2) is 4.79 Å². The summed E-state index contributed by atoms with van der Waals surface area (Å²) in [5.41, 5.74) is 0.00261. The van der Waals surface area contributed by atoms with Crippen molar-refractivity contribution in [3.8, 4) is 5.69 Å². The summed E-state index contributed by atoms with van der Waals surface area (Å²) in [5, 5.41) is 20.6. The second-order valence-electron chi connectivity index (χ2n) is 5.94. The molecule has 0 atom stereocenters. The molecule has 0 aliphatic heterocycles. The molecule has 1 aromatic carbocycles. The minimum Gasteiger partial charge on any atom is -0.389 e. The van der Waals surface area contributed by atoms with Crippen LogP contribution in [-0.4, -0.2) is 49.5 Å². The Morgan fingerprint density at radius 2 is 2.04 bits per heavy atom. The lowest BCUT2D eigenvalue weighted by Gasteiger charge is -2.28. The number of urea groups is 1. The van der Waals surface area contributed by atoms with Gasteiger partial charge in [-0.1, -0.05) is 18.2 Å². The van der Waals surface area contributed by atoms with E-state index in [2.05, 4.69) is 15.5 Å². The number of carbonyl (C=O) groups is 1. The largest absolute Gasteiger partial charge is 0.389 e. The zero-order chi connectivity index (χ0) is 16.9. The Kier molecular flexibility index (Phi) is 5.33. The van der Waals surface area contributed by atoms with Gasteiger partial charge >= 0.3 is 6.03 Å². The molecule has 124 valence electrons. The van der Waals surface area contributed by atoms with Gasteiger partial charge in [0, 0.05) is 12.2 Å². The van der Waals surface area contributed by atoms with E-state index in [1.54, 1.807) is 25.1 Å². The van der Waals surface area contributed by atoms with Crippen LogP contribution in [0.25, 0.3) is 5.69 Å². The lowest BCUT2D eigenvalue weighted by Crippen LogP contribution is -2.46. The highest BCUT2D eigenvalue weighted by Crippen LogP contribution is 2.09. The quantitative estimate of drug-likeness (QED) is 0.847. The molecule has 2 amide bonds. The molecule has 1 aromatic heterocycles. The van der Waals surface area contributed by atoms with E-state index >= 15 is 0 Å². The van der Waals surface area contributed by atoms with Crippen LogP contribution in [-0.2, 0) is 6.54 Å². The first-order valence-corrected chi connectivity index (χ1v) is 7.60. The summed E-state index contributed by atoms with van der Waals surface area (Å²) in [5.74, 6) is 0.642. The van der Waals surface area contributed by atoms with Gasteiger partial charge in [-0.05, 0) is 32.9 Å². The molecular weight excluding hydrogens is 294 g/mol. The van der Waals surface area contributed by atoms with Crippen LogP contribution >= 0.6 is 0 Å². The van der Waals surface area contributed by atoms with E-state index in [4.69, 9.17) is 0 Å². The average molecular weight is 317 g/mol. The minimum absolute atomic E-state index is 0.239. The van der Waals surface area contributed by atoms with Crippen LogP contribution in [0.3, 0.4) is 0 Å². The molecule has 0 saturated heterocycles. The highest BCUT2D eigenvalue weighted by molar-refractivity contribution is 5.74. The van der Waals surface area contributed by atoms with Gasteiger partial charge in [-0.2, -0.15) is 0 Å². The zero-order valence-corrected chi connectivity index (χ0v) is 13.7. The smallest absolute Gasteiger partial charge is 0.317 e. The van der Waals surface area contributed by atoms with E-state index in [0.717, 1.165) is 5.69 Å². The van der Waals surface area contributed by atoms with Crippen LogP contribution < -0.4 is 5.32 Å². The summed E-state index contributed by atoms with van der Waals surface area (Å²) in [6.07, 6.45) is 1.62. The van der Waals surface area contributed by atoms with Crippen molar-refractivity contribution < 1.29 is 9.90 Å². The molecule has 0 unspecified atom stereocenters. The average Bonchev–Trinajstić information content (AvgIpc) is 2.98. The van der Waals surface area contributed by atoms with E-state index < -0.39 is 5.60 Å². The number of aromatic nitrogens is 3. The SMILES string of the molecule is CCN(CC(C)(C)O)C(=O)NCc1nncn1-c1ccccc1. The van der Waals surface area contributed by atoms with Gasteiger partial charge in [0.15, 0.2) is 5.82 Å². The molecule has 0 radical (unpaired) electrons. The van der Waals surface area contributed by atoms with Crippen molar-refractivity contribution in [2.24, 2.45) is 0 Å². The maximum atomic E-state index is 12.2. The third kappa shape index (κ3) is 4.79. The normalized spacial score (nSPS) is 11.3. The van der Waals surface area contributed by atoms with Gasteiger partial charge in [-0.15, -0.1) is 10.2 Å². The third-order valence-corrected chi connectivity index (χ3v) is 3.30. The first-order chi connectivity index (χ1) is 10.9.